The number of H-pyrrole nitrogens is 1. The van der Waals surface area contributed by atoms with Crippen molar-refractivity contribution in [1.29, 1.82) is 0 Å². The standard InChI is InChI=1S/C13H21N5O3/c1-8(11-15-7-16-18-11)17-13(21)14-6-9-4-2-3-5-10(9)12(19)20/h7-10H,2-6H2,1H3,(H,19,20)(H2,14,17,21)(H,15,16,18). The van der Waals surface area contributed by atoms with Gasteiger partial charge in [0.15, 0.2) is 0 Å². The minimum absolute atomic E-state index is 0.00239. The van der Waals surface area contributed by atoms with E-state index in [4.69, 9.17) is 0 Å². The summed E-state index contributed by atoms with van der Waals surface area (Å²) in [7, 11) is 0. The summed E-state index contributed by atoms with van der Waals surface area (Å²) in [5.74, 6) is -0.545. The number of urea groups is 1. The van der Waals surface area contributed by atoms with E-state index in [1.807, 2.05) is 0 Å². The van der Waals surface area contributed by atoms with Crippen molar-refractivity contribution < 1.29 is 14.7 Å². The van der Waals surface area contributed by atoms with Crippen LogP contribution < -0.4 is 10.6 Å². The number of hydrogen-bond donors (Lipinski definition) is 4. The number of amides is 2. The van der Waals surface area contributed by atoms with Gasteiger partial charge in [0.1, 0.15) is 12.2 Å². The smallest absolute Gasteiger partial charge is 0.315 e. The van der Waals surface area contributed by atoms with Crippen molar-refractivity contribution in [3.05, 3.63) is 12.2 Å². The molecular weight excluding hydrogens is 274 g/mol. The van der Waals surface area contributed by atoms with Gasteiger partial charge in [0.2, 0.25) is 0 Å². The van der Waals surface area contributed by atoms with Gasteiger partial charge in [0.05, 0.1) is 12.0 Å². The van der Waals surface area contributed by atoms with Crippen molar-refractivity contribution in [2.45, 2.75) is 38.6 Å². The number of nitrogens with one attached hydrogen (secondary N) is 3. The molecule has 0 radical (unpaired) electrons. The van der Waals surface area contributed by atoms with E-state index in [1.54, 1.807) is 6.92 Å². The van der Waals surface area contributed by atoms with E-state index < -0.39 is 5.97 Å². The Labute approximate surface area is 122 Å². The Kier molecular flexibility index (Phi) is 5.13. The first-order valence-electron chi connectivity index (χ1n) is 7.20. The van der Waals surface area contributed by atoms with Crippen LogP contribution in [0.1, 0.15) is 44.5 Å². The van der Waals surface area contributed by atoms with Gasteiger partial charge in [-0.25, -0.2) is 9.78 Å². The van der Waals surface area contributed by atoms with Crippen LogP contribution in [0.5, 0.6) is 0 Å². The number of nitrogens with zero attached hydrogens (tertiary/aromatic N) is 2. The first kappa shape index (κ1) is 15.3. The fourth-order valence-electron chi connectivity index (χ4n) is 2.74. The number of aliphatic carboxylic acids is 1. The van der Waals surface area contributed by atoms with E-state index in [0.29, 0.717) is 18.8 Å². The molecule has 2 amide bonds. The van der Waals surface area contributed by atoms with Crippen LogP contribution in [0.4, 0.5) is 4.79 Å². The number of carbonyl (C=O) groups is 2. The molecule has 0 aromatic carbocycles. The van der Waals surface area contributed by atoms with Crippen molar-refractivity contribution in [2.75, 3.05) is 6.54 Å². The number of aromatic amines is 1. The lowest BCUT2D eigenvalue weighted by atomic mass is 9.79. The predicted octanol–water partition coefficient (Wildman–Crippen LogP) is 1.06. The minimum atomic E-state index is -0.767. The van der Waals surface area contributed by atoms with E-state index in [-0.39, 0.29) is 23.9 Å². The first-order chi connectivity index (χ1) is 10.1. The molecule has 1 aliphatic rings. The van der Waals surface area contributed by atoms with Crippen LogP contribution in [0.2, 0.25) is 0 Å². The fraction of sp³-hybridized carbons (Fsp3) is 0.692. The van der Waals surface area contributed by atoms with E-state index in [9.17, 15) is 14.7 Å². The fourth-order valence-corrected chi connectivity index (χ4v) is 2.74. The number of hydrogen-bond acceptors (Lipinski definition) is 4. The highest BCUT2D eigenvalue weighted by molar-refractivity contribution is 5.74. The second-order valence-electron chi connectivity index (χ2n) is 5.44. The van der Waals surface area contributed by atoms with Crippen molar-refractivity contribution in [3.63, 3.8) is 0 Å². The number of carboxylic acids is 1. The molecule has 0 aliphatic heterocycles. The molecule has 1 fully saturated rings. The topological polar surface area (TPSA) is 120 Å². The molecule has 1 aromatic rings. The van der Waals surface area contributed by atoms with Gasteiger partial charge in [-0.2, -0.15) is 5.10 Å². The monoisotopic (exact) mass is 295 g/mol. The summed E-state index contributed by atoms with van der Waals surface area (Å²) in [5.41, 5.74) is 0. The lowest BCUT2D eigenvalue weighted by Gasteiger charge is -2.28. The average molecular weight is 295 g/mol. The highest BCUT2D eigenvalue weighted by Gasteiger charge is 2.30. The summed E-state index contributed by atoms with van der Waals surface area (Å²) in [6, 6.07) is -0.609. The van der Waals surface area contributed by atoms with Crippen LogP contribution in [-0.2, 0) is 4.79 Å². The van der Waals surface area contributed by atoms with E-state index >= 15 is 0 Å². The number of carboxylic acid groups (broad SMARTS) is 1. The van der Waals surface area contributed by atoms with Gasteiger partial charge in [0.25, 0.3) is 0 Å². The Bertz CT molecular complexity index is 476. The Morgan fingerprint density at radius 2 is 2.24 bits per heavy atom. The summed E-state index contributed by atoms with van der Waals surface area (Å²) in [5, 5.41) is 21.1. The van der Waals surface area contributed by atoms with Gasteiger partial charge in [-0.1, -0.05) is 12.8 Å². The summed E-state index contributed by atoms with van der Waals surface area (Å²) >= 11 is 0. The normalized spacial score (nSPS) is 23.3. The van der Waals surface area contributed by atoms with Crippen LogP contribution in [-0.4, -0.2) is 38.8 Å². The third-order valence-electron chi connectivity index (χ3n) is 3.94. The van der Waals surface area contributed by atoms with Crippen molar-refractivity contribution in [2.24, 2.45) is 11.8 Å². The molecule has 0 spiro atoms. The molecule has 1 saturated carbocycles. The summed E-state index contributed by atoms with van der Waals surface area (Å²) < 4.78 is 0. The molecule has 1 aromatic heterocycles. The molecule has 3 atom stereocenters. The molecule has 0 bridgehead atoms. The minimum Gasteiger partial charge on any atom is -0.481 e. The Hall–Kier alpha value is -2.12. The highest BCUT2D eigenvalue weighted by Crippen LogP contribution is 2.29. The maximum absolute atomic E-state index is 11.8. The number of rotatable bonds is 5. The molecule has 116 valence electrons. The van der Waals surface area contributed by atoms with Crippen molar-refractivity contribution in [3.8, 4) is 0 Å². The van der Waals surface area contributed by atoms with E-state index in [1.165, 1.54) is 6.33 Å². The van der Waals surface area contributed by atoms with Gasteiger partial charge in [-0.3, -0.25) is 9.89 Å². The Morgan fingerprint density at radius 1 is 1.48 bits per heavy atom. The second kappa shape index (κ2) is 7.05. The molecule has 8 heteroatoms. The van der Waals surface area contributed by atoms with Crippen molar-refractivity contribution in [1.82, 2.24) is 25.8 Å². The summed E-state index contributed by atoms with van der Waals surface area (Å²) in [4.78, 5) is 27.0. The lowest BCUT2D eigenvalue weighted by molar-refractivity contribution is -0.144. The molecule has 3 unspecified atom stereocenters. The SMILES string of the molecule is CC(NC(=O)NCC1CCCCC1C(=O)O)c1ncn[nH]1. The van der Waals surface area contributed by atoms with Gasteiger partial charge in [-0.05, 0) is 25.7 Å². The Balaban J connectivity index is 1.79. The second-order valence-corrected chi connectivity index (χ2v) is 5.44. The van der Waals surface area contributed by atoms with Crippen LogP contribution in [0, 0.1) is 11.8 Å². The largest absolute Gasteiger partial charge is 0.481 e. The molecule has 2 rings (SSSR count). The van der Waals surface area contributed by atoms with Gasteiger partial charge >= 0.3 is 12.0 Å². The quantitative estimate of drug-likeness (QED) is 0.647. The molecule has 1 aliphatic carbocycles. The molecule has 1 heterocycles. The Morgan fingerprint density at radius 3 is 2.90 bits per heavy atom. The zero-order chi connectivity index (χ0) is 15.2. The molecule has 21 heavy (non-hydrogen) atoms. The molecule has 4 N–H and O–H groups in total. The summed E-state index contributed by atoms with van der Waals surface area (Å²) in [6.07, 6.45) is 4.88. The van der Waals surface area contributed by atoms with Crippen LogP contribution in [0.3, 0.4) is 0 Å². The van der Waals surface area contributed by atoms with Gasteiger partial charge in [0, 0.05) is 6.54 Å². The molecular formula is C13H21N5O3. The molecule has 8 nitrogen and oxygen atoms in total. The third-order valence-corrected chi connectivity index (χ3v) is 3.94. The lowest BCUT2D eigenvalue weighted by Crippen LogP contribution is -2.42. The zero-order valence-electron chi connectivity index (χ0n) is 12.0. The maximum atomic E-state index is 11.8. The van der Waals surface area contributed by atoms with E-state index in [2.05, 4.69) is 25.8 Å². The third kappa shape index (κ3) is 4.17. The van der Waals surface area contributed by atoms with Crippen LogP contribution in [0.25, 0.3) is 0 Å². The highest BCUT2D eigenvalue weighted by atomic mass is 16.4. The summed E-state index contributed by atoms with van der Waals surface area (Å²) in [6.45, 7) is 2.17. The van der Waals surface area contributed by atoms with Crippen molar-refractivity contribution >= 4 is 12.0 Å². The zero-order valence-corrected chi connectivity index (χ0v) is 12.0. The van der Waals surface area contributed by atoms with Crippen LogP contribution in [0.15, 0.2) is 6.33 Å². The van der Waals surface area contributed by atoms with E-state index in [0.717, 1.165) is 19.3 Å². The first-order valence-corrected chi connectivity index (χ1v) is 7.20. The average Bonchev–Trinajstić information content (AvgIpc) is 2.99. The number of carbonyl (C=O) groups excluding carboxylic acids is 1. The van der Waals surface area contributed by atoms with Gasteiger partial charge in [-0.15, -0.1) is 0 Å². The van der Waals surface area contributed by atoms with Crippen LogP contribution >= 0.6 is 0 Å². The molecule has 0 saturated heterocycles. The maximum Gasteiger partial charge on any atom is 0.315 e. The van der Waals surface area contributed by atoms with Gasteiger partial charge < -0.3 is 15.7 Å². The predicted molar refractivity (Wildman–Crippen MR) is 74.4 cm³/mol. The number of aromatic nitrogens is 3.